The van der Waals surface area contributed by atoms with E-state index in [1.807, 2.05) is 0 Å². The van der Waals surface area contributed by atoms with Crippen LogP contribution in [0.2, 0.25) is 0 Å². The van der Waals surface area contributed by atoms with Crippen molar-refractivity contribution >= 4 is 11.8 Å². The number of ether oxygens (including phenoxy) is 1. The van der Waals surface area contributed by atoms with E-state index in [-0.39, 0.29) is 18.3 Å². The third-order valence-corrected chi connectivity index (χ3v) is 4.72. The molecule has 3 N–H and O–H groups in total. The summed E-state index contributed by atoms with van der Waals surface area (Å²) in [5.74, 6) is -0.716. The first kappa shape index (κ1) is 17.9. The quantitative estimate of drug-likeness (QED) is 0.835. The number of primary amides is 1. The average Bonchev–Trinajstić information content (AvgIpc) is 3.10. The summed E-state index contributed by atoms with van der Waals surface area (Å²) >= 11 is 0. The molecule has 6 heteroatoms. The Morgan fingerprint density at radius 2 is 1.81 bits per heavy atom. The molecule has 0 aromatic heterocycles. The molecule has 3 rings (SSSR count). The summed E-state index contributed by atoms with van der Waals surface area (Å²) in [4.78, 5) is 23.6. The minimum atomic E-state index is -0.555. The van der Waals surface area contributed by atoms with E-state index in [1.54, 1.807) is 30.3 Å². The monoisotopic (exact) mass is 356 g/mol. The fourth-order valence-corrected chi connectivity index (χ4v) is 3.42. The summed E-state index contributed by atoms with van der Waals surface area (Å²) < 4.78 is 18.7. The van der Waals surface area contributed by atoms with E-state index in [2.05, 4.69) is 5.32 Å². The maximum absolute atomic E-state index is 13.2. The Hall–Kier alpha value is -2.89. The van der Waals surface area contributed by atoms with Crippen molar-refractivity contribution in [1.82, 2.24) is 5.32 Å². The van der Waals surface area contributed by atoms with Crippen molar-refractivity contribution in [2.24, 2.45) is 5.73 Å². The predicted molar refractivity (Wildman–Crippen MR) is 95.1 cm³/mol. The SMILES string of the molecule is NC(=O)c1cccc(OCC(=O)NC2(c3ccc(F)cc3)CCCC2)c1. The van der Waals surface area contributed by atoms with Crippen molar-refractivity contribution in [3.05, 3.63) is 65.5 Å². The van der Waals surface area contributed by atoms with Crippen LogP contribution in [0, 0.1) is 5.82 Å². The average molecular weight is 356 g/mol. The van der Waals surface area contributed by atoms with Crippen molar-refractivity contribution in [1.29, 1.82) is 0 Å². The lowest BCUT2D eigenvalue weighted by Gasteiger charge is -2.31. The number of hydrogen-bond donors (Lipinski definition) is 2. The molecule has 136 valence electrons. The van der Waals surface area contributed by atoms with Crippen LogP contribution in [0.15, 0.2) is 48.5 Å². The molecular formula is C20H21FN2O3. The highest BCUT2D eigenvalue weighted by atomic mass is 19.1. The third kappa shape index (κ3) is 4.02. The molecule has 0 radical (unpaired) electrons. The van der Waals surface area contributed by atoms with Gasteiger partial charge in [0.05, 0.1) is 5.54 Å². The van der Waals surface area contributed by atoms with Crippen LogP contribution in [0.4, 0.5) is 4.39 Å². The minimum Gasteiger partial charge on any atom is -0.484 e. The number of rotatable bonds is 6. The number of amides is 2. The van der Waals surface area contributed by atoms with Gasteiger partial charge in [-0.3, -0.25) is 9.59 Å². The van der Waals surface area contributed by atoms with Crippen molar-refractivity contribution in [3.63, 3.8) is 0 Å². The van der Waals surface area contributed by atoms with Crippen LogP contribution in [0.1, 0.15) is 41.6 Å². The first-order valence-corrected chi connectivity index (χ1v) is 8.58. The maximum Gasteiger partial charge on any atom is 0.258 e. The van der Waals surface area contributed by atoms with E-state index in [0.717, 1.165) is 31.2 Å². The first-order valence-electron chi connectivity index (χ1n) is 8.58. The molecule has 0 atom stereocenters. The predicted octanol–water partition coefficient (Wildman–Crippen LogP) is 2.89. The number of carbonyl (C=O) groups is 2. The van der Waals surface area contributed by atoms with Gasteiger partial charge in [-0.05, 0) is 48.7 Å². The highest BCUT2D eigenvalue weighted by Gasteiger charge is 2.37. The fourth-order valence-electron chi connectivity index (χ4n) is 3.42. The molecule has 0 heterocycles. The Morgan fingerprint density at radius 3 is 2.46 bits per heavy atom. The first-order chi connectivity index (χ1) is 12.5. The second-order valence-corrected chi connectivity index (χ2v) is 6.53. The van der Waals surface area contributed by atoms with E-state index in [9.17, 15) is 14.0 Å². The van der Waals surface area contributed by atoms with Gasteiger partial charge in [-0.2, -0.15) is 0 Å². The Morgan fingerprint density at radius 1 is 1.12 bits per heavy atom. The second kappa shape index (κ2) is 7.56. The topological polar surface area (TPSA) is 81.4 Å². The molecule has 0 saturated heterocycles. The number of hydrogen-bond acceptors (Lipinski definition) is 3. The third-order valence-electron chi connectivity index (χ3n) is 4.72. The molecule has 0 spiro atoms. The summed E-state index contributed by atoms with van der Waals surface area (Å²) in [6, 6.07) is 12.6. The van der Waals surface area contributed by atoms with E-state index < -0.39 is 11.4 Å². The molecule has 1 aliphatic carbocycles. The lowest BCUT2D eigenvalue weighted by atomic mass is 9.88. The molecule has 1 fully saturated rings. The van der Waals surface area contributed by atoms with Gasteiger partial charge in [-0.15, -0.1) is 0 Å². The second-order valence-electron chi connectivity index (χ2n) is 6.53. The van der Waals surface area contributed by atoms with Crippen molar-refractivity contribution in [2.75, 3.05) is 6.61 Å². The highest BCUT2D eigenvalue weighted by molar-refractivity contribution is 5.93. The zero-order valence-corrected chi connectivity index (χ0v) is 14.3. The van der Waals surface area contributed by atoms with Crippen LogP contribution >= 0.6 is 0 Å². The molecule has 1 aliphatic rings. The molecule has 0 unspecified atom stereocenters. The molecule has 2 aromatic rings. The van der Waals surface area contributed by atoms with Crippen LogP contribution in [0.5, 0.6) is 5.75 Å². The Kier molecular flexibility index (Phi) is 5.21. The van der Waals surface area contributed by atoms with Gasteiger partial charge >= 0.3 is 0 Å². The molecule has 0 bridgehead atoms. The molecule has 5 nitrogen and oxygen atoms in total. The van der Waals surface area contributed by atoms with E-state index in [1.165, 1.54) is 18.2 Å². The van der Waals surface area contributed by atoms with E-state index in [0.29, 0.717) is 11.3 Å². The lowest BCUT2D eigenvalue weighted by Crippen LogP contribution is -2.45. The highest BCUT2D eigenvalue weighted by Crippen LogP contribution is 2.38. The molecule has 1 saturated carbocycles. The van der Waals surface area contributed by atoms with Crippen LogP contribution in [-0.2, 0) is 10.3 Å². The molecule has 0 aliphatic heterocycles. The Bertz CT molecular complexity index is 799. The van der Waals surface area contributed by atoms with Crippen LogP contribution in [0.25, 0.3) is 0 Å². The van der Waals surface area contributed by atoms with E-state index in [4.69, 9.17) is 10.5 Å². The van der Waals surface area contributed by atoms with Gasteiger partial charge < -0.3 is 15.8 Å². The van der Waals surface area contributed by atoms with Crippen LogP contribution < -0.4 is 15.8 Å². The van der Waals surface area contributed by atoms with Crippen LogP contribution in [-0.4, -0.2) is 18.4 Å². The summed E-state index contributed by atoms with van der Waals surface area (Å²) in [6.07, 6.45) is 3.61. The normalized spacial score (nSPS) is 15.4. The van der Waals surface area contributed by atoms with Gasteiger partial charge in [0.1, 0.15) is 11.6 Å². The maximum atomic E-state index is 13.2. The van der Waals surface area contributed by atoms with Crippen LogP contribution in [0.3, 0.4) is 0 Å². The summed E-state index contributed by atoms with van der Waals surface area (Å²) in [6.45, 7) is -0.175. The van der Waals surface area contributed by atoms with Crippen molar-refractivity contribution in [3.8, 4) is 5.75 Å². The standard InChI is InChI=1S/C20H21FN2O3/c21-16-8-6-15(7-9-16)20(10-1-2-11-20)23-18(24)13-26-17-5-3-4-14(12-17)19(22)25/h3-9,12H,1-2,10-11,13H2,(H2,22,25)(H,23,24). The zero-order chi connectivity index (χ0) is 18.6. The summed E-state index contributed by atoms with van der Waals surface area (Å²) in [5.41, 5.74) is 5.98. The lowest BCUT2D eigenvalue weighted by molar-refractivity contribution is -0.125. The fraction of sp³-hybridized carbons (Fsp3) is 0.300. The molecule has 2 aromatic carbocycles. The van der Waals surface area contributed by atoms with E-state index >= 15 is 0 Å². The number of nitrogens with two attached hydrogens (primary N) is 1. The number of carbonyl (C=O) groups excluding carboxylic acids is 2. The van der Waals surface area contributed by atoms with Gasteiger partial charge in [0.2, 0.25) is 5.91 Å². The minimum absolute atomic E-state index is 0.175. The zero-order valence-electron chi connectivity index (χ0n) is 14.3. The number of benzene rings is 2. The van der Waals surface area contributed by atoms with Gasteiger partial charge in [0.15, 0.2) is 6.61 Å². The number of halogens is 1. The summed E-state index contributed by atoms with van der Waals surface area (Å²) in [7, 11) is 0. The largest absolute Gasteiger partial charge is 0.484 e. The number of nitrogens with one attached hydrogen (secondary N) is 1. The van der Waals surface area contributed by atoms with Gasteiger partial charge in [0, 0.05) is 5.56 Å². The summed E-state index contributed by atoms with van der Waals surface area (Å²) in [5, 5.41) is 3.06. The van der Waals surface area contributed by atoms with Crippen molar-refractivity contribution in [2.45, 2.75) is 31.2 Å². The van der Waals surface area contributed by atoms with Gasteiger partial charge in [-0.1, -0.05) is 31.0 Å². The Balaban J connectivity index is 1.66. The van der Waals surface area contributed by atoms with Gasteiger partial charge in [0.25, 0.3) is 5.91 Å². The van der Waals surface area contributed by atoms with Gasteiger partial charge in [-0.25, -0.2) is 4.39 Å². The molecular weight excluding hydrogens is 335 g/mol. The molecule has 26 heavy (non-hydrogen) atoms. The smallest absolute Gasteiger partial charge is 0.258 e. The Labute approximate surface area is 151 Å². The van der Waals surface area contributed by atoms with Crippen molar-refractivity contribution < 1.29 is 18.7 Å². The molecule has 2 amide bonds.